The van der Waals surface area contributed by atoms with Gasteiger partial charge in [0.2, 0.25) is 5.91 Å². The Kier molecular flexibility index (Phi) is 6.90. The predicted octanol–water partition coefficient (Wildman–Crippen LogP) is 4.85. The number of nitrogens with zero attached hydrogens (tertiary/aromatic N) is 4. The zero-order valence-electron chi connectivity index (χ0n) is 23.4. The highest BCUT2D eigenvalue weighted by atomic mass is 16.1. The number of pyridine rings is 1. The fourth-order valence-electron chi connectivity index (χ4n) is 6.21. The van der Waals surface area contributed by atoms with Gasteiger partial charge in [-0.3, -0.25) is 14.9 Å². The van der Waals surface area contributed by atoms with Crippen molar-refractivity contribution >= 4 is 39.1 Å². The first-order chi connectivity index (χ1) is 20.1. The number of rotatable bonds is 6. The van der Waals surface area contributed by atoms with Crippen molar-refractivity contribution in [2.24, 2.45) is 5.92 Å². The van der Waals surface area contributed by atoms with Gasteiger partial charge in [0, 0.05) is 66.3 Å². The van der Waals surface area contributed by atoms with E-state index in [-0.39, 0.29) is 5.91 Å². The van der Waals surface area contributed by atoms with E-state index in [1.54, 1.807) is 6.20 Å². The molecule has 3 aromatic heterocycles. The normalized spacial score (nSPS) is 17.0. The molecule has 0 saturated carbocycles. The number of hydrogen-bond acceptors (Lipinski definition) is 6. The molecule has 2 aromatic carbocycles. The first-order valence-corrected chi connectivity index (χ1v) is 14.6. The van der Waals surface area contributed by atoms with Crippen LogP contribution in [0, 0.1) is 5.92 Å². The highest BCUT2D eigenvalue weighted by Gasteiger charge is 2.20. The molecule has 41 heavy (non-hydrogen) atoms. The lowest BCUT2D eigenvalue weighted by molar-refractivity contribution is -0.117. The van der Waals surface area contributed by atoms with Crippen LogP contribution in [0.15, 0.2) is 60.9 Å². The van der Waals surface area contributed by atoms with Gasteiger partial charge in [-0.15, -0.1) is 0 Å². The molecule has 5 heterocycles. The zero-order chi connectivity index (χ0) is 27.8. The molecule has 0 spiro atoms. The van der Waals surface area contributed by atoms with Crippen LogP contribution in [0.1, 0.15) is 19.3 Å². The maximum absolute atomic E-state index is 12.7. The van der Waals surface area contributed by atoms with Crippen molar-refractivity contribution in [2.75, 3.05) is 56.5 Å². The number of hydrogen-bond donors (Lipinski definition) is 4. The number of amides is 1. The highest BCUT2D eigenvalue weighted by molar-refractivity contribution is 6.01. The minimum absolute atomic E-state index is 0.0539. The van der Waals surface area contributed by atoms with Crippen LogP contribution in [-0.2, 0) is 4.79 Å². The van der Waals surface area contributed by atoms with Crippen LogP contribution in [0.3, 0.4) is 0 Å². The summed E-state index contributed by atoms with van der Waals surface area (Å²) in [6.45, 7) is 6.16. The number of fused-ring (bicyclic) bond motifs is 2. The third kappa shape index (κ3) is 5.30. The Morgan fingerprint density at radius 2 is 1.80 bits per heavy atom. The molecule has 5 aromatic rings. The molecule has 4 N–H and O–H groups in total. The average molecular weight is 549 g/mol. The number of anilines is 2. The monoisotopic (exact) mass is 548 g/mol. The molecule has 2 aliphatic rings. The van der Waals surface area contributed by atoms with E-state index < -0.39 is 0 Å². The van der Waals surface area contributed by atoms with Crippen LogP contribution in [0.4, 0.5) is 11.4 Å². The number of piperidine rings is 1. The Morgan fingerprint density at radius 1 is 0.951 bits per heavy atom. The second-order valence-corrected chi connectivity index (χ2v) is 11.5. The summed E-state index contributed by atoms with van der Waals surface area (Å²) in [7, 11) is 2.18. The number of benzene rings is 2. The zero-order valence-corrected chi connectivity index (χ0v) is 23.4. The van der Waals surface area contributed by atoms with Crippen LogP contribution in [-0.4, -0.2) is 77.3 Å². The highest BCUT2D eigenvalue weighted by Crippen LogP contribution is 2.35. The number of piperazine rings is 1. The van der Waals surface area contributed by atoms with E-state index in [0.29, 0.717) is 12.3 Å². The predicted molar refractivity (Wildman–Crippen MR) is 165 cm³/mol. The summed E-state index contributed by atoms with van der Waals surface area (Å²) in [4.78, 5) is 25.6. The molecule has 0 unspecified atom stereocenters. The molecule has 2 saturated heterocycles. The maximum Gasteiger partial charge on any atom is 0.224 e. The molecular weight excluding hydrogens is 512 g/mol. The number of likely N-dealkylation sites (N-methyl/N-ethyl adjacent to an activating group) is 1. The molecule has 2 fully saturated rings. The van der Waals surface area contributed by atoms with Crippen LogP contribution in [0.2, 0.25) is 0 Å². The summed E-state index contributed by atoms with van der Waals surface area (Å²) in [5.41, 5.74) is 7.93. The fraction of sp³-hybridized carbons (Fsp3) is 0.344. The molecule has 2 aliphatic heterocycles. The molecule has 0 radical (unpaired) electrons. The van der Waals surface area contributed by atoms with Crippen molar-refractivity contribution < 1.29 is 4.79 Å². The van der Waals surface area contributed by atoms with E-state index in [1.807, 2.05) is 12.3 Å². The summed E-state index contributed by atoms with van der Waals surface area (Å²) in [5.74, 6) is 0.495. The van der Waals surface area contributed by atoms with Crippen LogP contribution >= 0.6 is 0 Å². The standard InChI is InChI=1S/C32H36N8O/c1-39-11-13-40(14-12-39)30-4-2-3-27-25(30)18-29(36-27)32-26-17-22(5-6-28(26)37-38-32)23-16-24(20-34-19-23)35-31(41)15-21-7-9-33-10-8-21/h2-6,16-21,33,36H,7-15H2,1H3,(H,35,41)(H,37,38). The van der Waals surface area contributed by atoms with E-state index in [2.05, 4.69) is 85.0 Å². The topological polar surface area (TPSA) is 105 Å². The van der Waals surface area contributed by atoms with E-state index in [1.165, 1.54) is 11.1 Å². The van der Waals surface area contributed by atoms with E-state index in [9.17, 15) is 4.79 Å². The lowest BCUT2D eigenvalue weighted by Gasteiger charge is -2.34. The van der Waals surface area contributed by atoms with Gasteiger partial charge >= 0.3 is 0 Å². The lowest BCUT2D eigenvalue weighted by atomic mass is 9.94. The van der Waals surface area contributed by atoms with Crippen molar-refractivity contribution in [2.45, 2.75) is 19.3 Å². The molecule has 0 atom stereocenters. The first-order valence-electron chi connectivity index (χ1n) is 14.6. The van der Waals surface area contributed by atoms with Gasteiger partial charge in [0.25, 0.3) is 0 Å². The van der Waals surface area contributed by atoms with Gasteiger partial charge in [-0.1, -0.05) is 12.1 Å². The molecule has 210 valence electrons. The lowest BCUT2D eigenvalue weighted by Crippen LogP contribution is -2.44. The van der Waals surface area contributed by atoms with Crippen molar-refractivity contribution in [1.82, 2.24) is 30.4 Å². The van der Waals surface area contributed by atoms with Crippen molar-refractivity contribution in [3.05, 3.63) is 60.9 Å². The second kappa shape index (κ2) is 11.0. The number of H-pyrrole nitrogens is 2. The second-order valence-electron chi connectivity index (χ2n) is 11.5. The van der Waals surface area contributed by atoms with Gasteiger partial charge < -0.3 is 25.4 Å². The Bertz CT molecular complexity index is 1690. The average Bonchev–Trinajstić information content (AvgIpc) is 3.62. The van der Waals surface area contributed by atoms with E-state index >= 15 is 0 Å². The van der Waals surface area contributed by atoms with Crippen molar-refractivity contribution in [3.8, 4) is 22.5 Å². The summed E-state index contributed by atoms with van der Waals surface area (Å²) in [6.07, 6.45) is 6.21. The minimum atomic E-state index is 0.0539. The van der Waals surface area contributed by atoms with Crippen LogP contribution in [0.5, 0.6) is 0 Å². The van der Waals surface area contributed by atoms with Crippen LogP contribution < -0.4 is 15.5 Å². The van der Waals surface area contributed by atoms with Crippen LogP contribution in [0.25, 0.3) is 44.3 Å². The number of aromatic nitrogens is 4. The summed E-state index contributed by atoms with van der Waals surface area (Å²) >= 11 is 0. The first kappa shape index (κ1) is 25.7. The SMILES string of the molecule is CN1CCN(c2cccc3[nH]c(-c4n[nH]c5ccc(-c6cncc(NC(=O)CC7CCNCC7)c6)cc45)cc23)CC1. The fourth-order valence-corrected chi connectivity index (χ4v) is 6.21. The van der Waals surface area contributed by atoms with Crippen molar-refractivity contribution in [3.63, 3.8) is 0 Å². The van der Waals surface area contributed by atoms with Gasteiger partial charge in [0.05, 0.1) is 23.1 Å². The third-order valence-corrected chi connectivity index (χ3v) is 8.59. The van der Waals surface area contributed by atoms with Gasteiger partial charge in [-0.25, -0.2) is 0 Å². The number of carbonyl (C=O) groups excluding carboxylic acids is 1. The molecule has 0 aliphatic carbocycles. The van der Waals surface area contributed by atoms with Crippen molar-refractivity contribution in [1.29, 1.82) is 0 Å². The van der Waals surface area contributed by atoms with E-state index in [0.717, 1.165) is 96.7 Å². The Hall–Kier alpha value is -4.21. The largest absolute Gasteiger partial charge is 0.368 e. The minimum Gasteiger partial charge on any atom is -0.368 e. The molecule has 1 amide bonds. The summed E-state index contributed by atoms with van der Waals surface area (Å²) < 4.78 is 0. The quantitative estimate of drug-likeness (QED) is 0.242. The smallest absolute Gasteiger partial charge is 0.224 e. The molecular formula is C32H36N8O. The number of nitrogens with one attached hydrogen (secondary N) is 4. The van der Waals surface area contributed by atoms with Gasteiger partial charge in [0.15, 0.2) is 0 Å². The Labute approximate surface area is 239 Å². The Balaban J connectivity index is 1.16. The number of aromatic amines is 2. The van der Waals surface area contributed by atoms with E-state index in [4.69, 9.17) is 5.10 Å². The van der Waals surface area contributed by atoms with Gasteiger partial charge in [0.1, 0.15) is 5.69 Å². The molecule has 9 nitrogen and oxygen atoms in total. The number of carbonyl (C=O) groups is 1. The van der Waals surface area contributed by atoms with Gasteiger partial charge in [-0.2, -0.15) is 5.10 Å². The third-order valence-electron chi connectivity index (χ3n) is 8.59. The summed E-state index contributed by atoms with van der Waals surface area (Å²) in [6, 6.07) is 17.0. The molecule has 0 bridgehead atoms. The summed E-state index contributed by atoms with van der Waals surface area (Å²) in [5, 5.41) is 16.6. The molecule has 7 rings (SSSR count). The van der Waals surface area contributed by atoms with Gasteiger partial charge in [-0.05, 0) is 80.9 Å². The Morgan fingerprint density at radius 3 is 2.66 bits per heavy atom. The molecule has 9 heteroatoms. The maximum atomic E-state index is 12.7.